The zero-order valence-electron chi connectivity index (χ0n) is 16.6. The summed E-state index contributed by atoms with van der Waals surface area (Å²) < 4.78 is 16.4. The molecular weight excluding hydrogens is 356 g/mol. The first-order chi connectivity index (χ1) is 13.2. The first kappa shape index (κ1) is 19.7. The number of fused-ring (bicyclic) bond motifs is 1. The Bertz CT molecular complexity index is 917. The van der Waals surface area contributed by atoms with E-state index in [0.29, 0.717) is 17.1 Å². The molecule has 1 aliphatic rings. The summed E-state index contributed by atoms with van der Waals surface area (Å²) >= 11 is 0. The molecule has 1 aliphatic heterocycles. The van der Waals surface area contributed by atoms with Crippen LogP contribution in [-0.2, 0) is 16.0 Å². The van der Waals surface area contributed by atoms with Crippen LogP contribution in [0.25, 0.3) is 6.08 Å². The molecule has 0 atom stereocenters. The summed E-state index contributed by atoms with van der Waals surface area (Å²) in [6, 6.07) is 12.9. The van der Waals surface area contributed by atoms with Gasteiger partial charge in [0.25, 0.3) is 0 Å². The highest BCUT2D eigenvalue weighted by Gasteiger charge is 2.28. The first-order valence-electron chi connectivity index (χ1n) is 9.27. The molecule has 0 aliphatic carbocycles. The van der Waals surface area contributed by atoms with Gasteiger partial charge in [0.05, 0.1) is 5.56 Å². The van der Waals surface area contributed by atoms with Gasteiger partial charge >= 0.3 is 5.97 Å². The topological polar surface area (TPSA) is 61.8 Å². The Morgan fingerprint density at radius 1 is 1.11 bits per heavy atom. The number of aryl methyl sites for hydroxylation is 1. The van der Waals surface area contributed by atoms with E-state index in [0.717, 1.165) is 12.0 Å². The molecule has 2 aromatic rings. The average Bonchev–Trinajstić information content (AvgIpc) is 2.94. The molecule has 0 saturated carbocycles. The SMILES string of the molecule is CCc1ccc(/C=C2/Oc3cc(OCC(=O)OC(C)(C)C)ccc3C2=O)cc1. The monoisotopic (exact) mass is 380 g/mol. The molecule has 0 amide bonds. The summed E-state index contributed by atoms with van der Waals surface area (Å²) in [5.41, 5.74) is 2.04. The molecule has 0 spiro atoms. The van der Waals surface area contributed by atoms with E-state index in [1.165, 1.54) is 5.56 Å². The predicted molar refractivity (Wildman–Crippen MR) is 107 cm³/mol. The lowest BCUT2D eigenvalue weighted by atomic mass is 10.1. The number of ketones is 1. The van der Waals surface area contributed by atoms with Crippen molar-refractivity contribution in [2.45, 2.75) is 39.7 Å². The van der Waals surface area contributed by atoms with Crippen molar-refractivity contribution in [1.29, 1.82) is 0 Å². The fourth-order valence-corrected chi connectivity index (χ4v) is 2.77. The number of hydrogen-bond acceptors (Lipinski definition) is 5. The molecule has 0 bridgehead atoms. The molecule has 5 heteroatoms. The van der Waals surface area contributed by atoms with Gasteiger partial charge in [-0.1, -0.05) is 31.2 Å². The van der Waals surface area contributed by atoms with Gasteiger partial charge in [-0.25, -0.2) is 4.79 Å². The van der Waals surface area contributed by atoms with E-state index in [1.807, 2.05) is 24.3 Å². The van der Waals surface area contributed by atoms with Crippen molar-refractivity contribution in [3.05, 3.63) is 64.9 Å². The highest BCUT2D eigenvalue weighted by molar-refractivity contribution is 6.14. The number of hydrogen-bond donors (Lipinski definition) is 0. The van der Waals surface area contributed by atoms with Crippen LogP contribution in [0.2, 0.25) is 0 Å². The highest BCUT2D eigenvalue weighted by Crippen LogP contribution is 2.35. The summed E-state index contributed by atoms with van der Waals surface area (Å²) in [5, 5.41) is 0. The van der Waals surface area contributed by atoms with Crippen molar-refractivity contribution in [1.82, 2.24) is 0 Å². The largest absolute Gasteiger partial charge is 0.482 e. The summed E-state index contributed by atoms with van der Waals surface area (Å²) in [6.45, 7) is 7.27. The smallest absolute Gasteiger partial charge is 0.344 e. The Morgan fingerprint density at radius 2 is 1.82 bits per heavy atom. The van der Waals surface area contributed by atoms with E-state index in [-0.39, 0.29) is 18.1 Å². The van der Waals surface area contributed by atoms with Crippen LogP contribution in [0.15, 0.2) is 48.2 Å². The van der Waals surface area contributed by atoms with E-state index in [2.05, 4.69) is 6.92 Å². The van der Waals surface area contributed by atoms with Crippen LogP contribution in [-0.4, -0.2) is 24.0 Å². The van der Waals surface area contributed by atoms with E-state index in [1.54, 1.807) is 45.0 Å². The number of carbonyl (C=O) groups is 2. The maximum absolute atomic E-state index is 12.6. The molecule has 146 valence electrons. The zero-order valence-corrected chi connectivity index (χ0v) is 16.6. The molecule has 0 saturated heterocycles. The number of allylic oxidation sites excluding steroid dienone is 1. The van der Waals surface area contributed by atoms with Crippen molar-refractivity contribution >= 4 is 17.8 Å². The molecule has 28 heavy (non-hydrogen) atoms. The lowest BCUT2D eigenvalue weighted by molar-refractivity contribution is -0.157. The summed E-state index contributed by atoms with van der Waals surface area (Å²) in [4.78, 5) is 24.3. The minimum atomic E-state index is -0.567. The molecule has 0 fully saturated rings. The van der Waals surface area contributed by atoms with E-state index < -0.39 is 11.6 Å². The van der Waals surface area contributed by atoms with Gasteiger partial charge in [0.2, 0.25) is 5.78 Å². The second kappa shape index (κ2) is 7.89. The Balaban J connectivity index is 1.69. The summed E-state index contributed by atoms with van der Waals surface area (Å²) in [6.07, 6.45) is 2.69. The average molecular weight is 380 g/mol. The van der Waals surface area contributed by atoms with Crippen molar-refractivity contribution < 1.29 is 23.8 Å². The lowest BCUT2D eigenvalue weighted by Gasteiger charge is -2.19. The van der Waals surface area contributed by atoms with Gasteiger partial charge in [-0.2, -0.15) is 0 Å². The lowest BCUT2D eigenvalue weighted by Crippen LogP contribution is -2.27. The Kier molecular flexibility index (Phi) is 5.54. The third-order valence-electron chi connectivity index (χ3n) is 4.10. The molecule has 0 unspecified atom stereocenters. The maximum Gasteiger partial charge on any atom is 0.344 e. The Morgan fingerprint density at radius 3 is 2.46 bits per heavy atom. The molecule has 1 heterocycles. The second-order valence-corrected chi connectivity index (χ2v) is 7.57. The number of ether oxygens (including phenoxy) is 3. The summed E-state index contributed by atoms with van der Waals surface area (Å²) in [7, 11) is 0. The van der Waals surface area contributed by atoms with Crippen molar-refractivity contribution in [2.24, 2.45) is 0 Å². The molecule has 0 radical (unpaired) electrons. The third kappa shape index (κ3) is 4.80. The molecule has 0 aromatic heterocycles. The van der Waals surface area contributed by atoms with Crippen LogP contribution in [0.1, 0.15) is 49.2 Å². The molecule has 3 rings (SSSR count). The van der Waals surface area contributed by atoms with Crippen molar-refractivity contribution in [2.75, 3.05) is 6.61 Å². The van der Waals surface area contributed by atoms with Crippen LogP contribution in [0, 0.1) is 0 Å². The van der Waals surface area contributed by atoms with E-state index in [4.69, 9.17) is 14.2 Å². The maximum atomic E-state index is 12.6. The molecule has 2 aromatic carbocycles. The number of esters is 1. The standard InChI is InChI=1S/C23H24O5/c1-5-15-6-8-16(9-7-15)12-20-22(25)18-11-10-17(13-19(18)27-20)26-14-21(24)28-23(2,3)4/h6-13H,5,14H2,1-4H3/b20-12+. The fourth-order valence-electron chi connectivity index (χ4n) is 2.77. The molecule has 0 N–H and O–H groups in total. The van der Waals surface area contributed by atoms with E-state index in [9.17, 15) is 9.59 Å². The number of Topliss-reactive ketones (excluding diaryl/α,β-unsaturated/α-hetero) is 1. The highest BCUT2D eigenvalue weighted by atomic mass is 16.6. The molecule has 5 nitrogen and oxygen atoms in total. The normalized spacial score (nSPS) is 14.6. The van der Waals surface area contributed by atoms with Gasteiger partial charge in [0.15, 0.2) is 12.4 Å². The molecular formula is C23H24O5. The van der Waals surface area contributed by atoms with Crippen LogP contribution in [0.4, 0.5) is 0 Å². The Labute approximate surface area is 164 Å². The van der Waals surface area contributed by atoms with Gasteiger partial charge in [-0.3, -0.25) is 4.79 Å². The van der Waals surface area contributed by atoms with Gasteiger partial charge in [-0.15, -0.1) is 0 Å². The number of carbonyl (C=O) groups excluding carboxylic acids is 2. The summed E-state index contributed by atoms with van der Waals surface area (Å²) in [5.74, 6) is 0.493. The fraction of sp³-hybridized carbons (Fsp3) is 0.304. The van der Waals surface area contributed by atoms with Crippen molar-refractivity contribution in [3.8, 4) is 11.5 Å². The second-order valence-electron chi connectivity index (χ2n) is 7.57. The third-order valence-corrected chi connectivity index (χ3v) is 4.10. The minimum absolute atomic E-state index is 0.173. The number of rotatable bonds is 5. The quantitative estimate of drug-likeness (QED) is 0.561. The Hall–Kier alpha value is -3.08. The minimum Gasteiger partial charge on any atom is -0.482 e. The zero-order chi connectivity index (χ0) is 20.3. The van der Waals surface area contributed by atoms with Gasteiger partial charge in [-0.05, 0) is 56.5 Å². The number of benzene rings is 2. The van der Waals surface area contributed by atoms with Crippen LogP contribution < -0.4 is 9.47 Å². The van der Waals surface area contributed by atoms with Gasteiger partial charge in [0.1, 0.15) is 17.1 Å². The van der Waals surface area contributed by atoms with Crippen LogP contribution in [0.3, 0.4) is 0 Å². The first-order valence-corrected chi connectivity index (χ1v) is 9.27. The van der Waals surface area contributed by atoms with Gasteiger partial charge in [0, 0.05) is 6.07 Å². The van der Waals surface area contributed by atoms with Gasteiger partial charge < -0.3 is 14.2 Å². The van der Waals surface area contributed by atoms with Crippen LogP contribution in [0.5, 0.6) is 11.5 Å². The van der Waals surface area contributed by atoms with E-state index >= 15 is 0 Å². The van der Waals surface area contributed by atoms with Crippen LogP contribution >= 0.6 is 0 Å². The predicted octanol–water partition coefficient (Wildman–Crippen LogP) is 4.59. The van der Waals surface area contributed by atoms with Crippen molar-refractivity contribution in [3.63, 3.8) is 0 Å².